The van der Waals surface area contributed by atoms with Gasteiger partial charge in [-0.15, -0.1) is 0 Å². The maximum atomic E-state index is 13.0. The molecule has 89 heavy (non-hydrogen) atoms. The molecular weight excluding hydrogens is 1170 g/mol. The van der Waals surface area contributed by atoms with Crippen molar-refractivity contribution in [2.75, 3.05) is 39.6 Å². The molecule has 0 rings (SSSR count). The maximum absolute atomic E-state index is 13.0. The predicted octanol–water partition coefficient (Wildman–Crippen LogP) is 19.7. The first-order valence-corrected chi connectivity index (χ1v) is 39.3. The average Bonchev–Trinajstić information content (AvgIpc) is 3.54. The minimum Gasteiger partial charge on any atom is -0.462 e. The lowest BCUT2D eigenvalue weighted by Gasteiger charge is -2.21. The van der Waals surface area contributed by atoms with Gasteiger partial charge < -0.3 is 33.8 Å². The first kappa shape index (κ1) is 87.1. The van der Waals surface area contributed by atoms with Crippen molar-refractivity contribution in [3.63, 3.8) is 0 Å². The van der Waals surface area contributed by atoms with Crippen molar-refractivity contribution in [1.82, 2.24) is 0 Å². The Labute approximate surface area is 543 Å². The Kier molecular flexibility index (Phi) is 58.5. The van der Waals surface area contributed by atoms with Gasteiger partial charge in [-0.25, -0.2) is 9.13 Å². The van der Waals surface area contributed by atoms with Crippen molar-refractivity contribution >= 4 is 39.5 Å². The third-order valence-electron chi connectivity index (χ3n) is 16.8. The molecule has 0 radical (unpaired) electrons. The molecular formula is C70H136O17P2. The fourth-order valence-electron chi connectivity index (χ4n) is 10.4. The van der Waals surface area contributed by atoms with Crippen LogP contribution in [-0.2, 0) is 65.4 Å². The number of hydrogen-bond acceptors (Lipinski definition) is 15. The van der Waals surface area contributed by atoms with Gasteiger partial charge in [-0.1, -0.05) is 293 Å². The van der Waals surface area contributed by atoms with E-state index in [0.29, 0.717) is 31.6 Å². The molecule has 17 nitrogen and oxygen atoms in total. The Morgan fingerprint density at radius 2 is 0.539 bits per heavy atom. The molecule has 0 aliphatic heterocycles. The van der Waals surface area contributed by atoms with Crippen LogP contribution in [0.2, 0.25) is 0 Å². The fourth-order valence-corrected chi connectivity index (χ4v) is 12.0. The number of carbonyl (C=O) groups excluding carboxylic acids is 4. The first-order valence-electron chi connectivity index (χ1n) is 36.3. The van der Waals surface area contributed by atoms with Crippen LogP contribution in [-0.4, -0.2) is 96.7 Å². The number of unbranched alkanes of at least 4 members (excludes halogenated alkanes) is 31. The van der Waals surface area contributed by atoms with E-state index in [2.05, 4.69) is 55.4 Å². The summed E-state index contributed by atoms with van der Waals surface area (Å²) < 4.78 is 68.2. The van der Waals surface area contributed by atoms with E-state index in [1.807, 2.05) is 0 Å². The van der Waals surface area contributed by atoms with Gasteiger partial charge in [0.25, 0.3) is 0 Å². The van der Waals surface area contributed by atoms with Gasteiger partial charge in [-0.3, -0.25) is 37.3 Å². The lowest BCUT2D eigenvalue weighted by Crippen LogP contribution is -2.30. The van der Waals surface area contributed by atoms with Crippen LogP contribution in [0.5, 0.6) is 0 Å². The van der Waals surface area contributed by atoms with E-state index in [0.717, 1.165) is 108 Å². The molecule has 19 heteroatoms. The van der Waals surface area contributed by atoms with E-state index in [9.17, 15) is 43.2 Å². The van der Waals surface area contributed by atoms with Crippen molar-refractivity contribution in [2.45, 2.75) is 363 Å². The number of aliphatic hydroxyl groups excluding tert-OH is 1. The zero-order chi connectivity index (χ0) is 66.1. The number of rotatable bonds is 67. The highest BCUT2D eigenvalue weighted by Gasteiger charge is 2.30. The molecule has 7 atom stereocenters. The van der Waals surface area contributed by atoms with Crippen molar-refractivity contribution < 1.29 is 80.2 Å². The predicted molar refractivity (Wildman–Crippen MR) is 358 cm³/mol. The Balaban J connectivity index is 5.19. The average molecular weight is 1310 g/mol. The number of esters is 4. The number of phosphoric ester groups is 2. The quantitative estimate of drug-likeness (QED) is 0.0222. The molecule has 0 fully saturated rings. The van der Waals surface area contributed by atoms with Crippen LogP contribution in [0.3, 0.4) is 0 Å². The van der Waals surface area contributed by atoms with Crippen molar-refractivity contribution in [3.05, 3.63) is 0 Å². The summed E-state index contributed by atoms with van der Waals surface area (Å²) in [6.07, 6.45) is 41.9. The minimum absolute atomic E-state index is 0.102. The highest BCUT2D eigenvalue weighted by molar-refractivity contribution is 7.47. The van der Waals surface area contributed by atoms with Crippen molar-refractivity contribution in [1.29, 1.82) is 0 Å². The summed E-state index contributed by atoms with van der Waals surface area (Å²) >= 11 is 0. The molecule has 0 heterocycles. The molecule has 0 amide bonds. The third-order valence-corrected chi connectivity index (χ3v) is 18.7. The van der Waals surface area contributed by atoms with Gasteiger partial charge in [0.2, 0.25) is 0 Å². The number of carbonyl (C=O) groups is 4. The van der Waals surface area contributed by atoms with Crippen molar-refractivity contribution in [3.8, 4) is 0 Å². The van der Waals surface area contributed by atoms with Gasteiger partial charge >= 0.3 is 39.5 Å². The standard InChI is InChI=1S/C70H136O17P2/c1-9-62(7)48-40-32-24-17-15-13-11-12-14-16-18-25-34-42-50-67(72)80-57-66(87-70(75)53-45-37-29-28-33-41-49-63(8)10-2)59-85-89(78,79)83-55-64(71)54-82-88(76,77)84-58-65(86-69(74)52-44-36-27-21-23-31-39-47-61(5)6)56-81-68(73)51-43-35-26-20-19-22-30-38-46-60(3)4/h60-66,71H,9-59H2,1-8H3,(H,76,77)(H,78,79)/t62?,63?,64?,65-,66-/m1/s1. The second-order valence-corrected chi connectivity index (χ2v) is 29.6. The van der Waals surface area contributed by atoms with Crippen LogP contribution < -0.4 is 0 Å². The molecule has 0 aromatic heterocycles. The van der Waals surface area contributed by atoms with Gasteiger partial charge in [-0.05, 0) is 49.4 Å². The zero-order valence-electron chi connectivity index (χ0n) is 58.1. The van der Waals surface area contributed by atoms with Gasteiger partial charge in [0.1, 0.15) is 19.3 Å². The van der Waals surface area contributed by atoms with Crippen LogP contribution >= 0.6 is 15.6 Å². The van der Waals surface area contributed by atoms with Crippen molar-refractivity contribution in [2.24, 2.45) is 23.7 Å². The number of phosphoric acid groups is 2. The second-order valence-electron chi connectivity index (χ2n) is 26.7. The summed E-state index contributed by atoms with van der Waals surface area (Å²) in [4.78, 5) is 72.5. The summed E-state index contributed by atoms with van der Waals surface area (Å²) in [5.41, 5.74) is 0. The van der Waals surface area contributed by atoms with Gasteiger partial charge in [0.15, 0.2) is 12.2 Å². The molecule has 5 unspecified atom stereocenters. The summed E-state index contributed by atoms with van der Waals surface area (Å²) in [6.45, 7) is 14.1. The van der Waals surface area contributed by atoms with Crippen LogP contribution in [0, 0.1) is 23.7 Å². The SMILES string of the molecule is CCC(C)CCCCCCCCCCCCCCCCC(=O)OC[C@H](COP(=O)(O)OCC(O)COP(=O)(O)OC[C@@H](COC(=O)CCCCCCCCCCC(C)C)OC(=O)CCCCCCCCCC(C)C)OC(=O)CCCCCCCCC(C)CC. The van der Waals surface area contributed by atoms with E-state index in [-0.39, 0.29) is 25.7 Å². The highest BCUT2D eigenvalue weighted by Crippen LogP contribution is 2.45. The van der Waals surface area contributed by atoms with E-state index in [4.69, 9.17) is 37.0 Å². The van der Waals surface area contributed by atoms with Crippen LogP contribution in [0.1, 0.15) is 344 Å². The molecule has 0 saturated carbocycles. The number of aliphatic hydroxyl groups is 1. The topological polar surface area (TPSA) is 237 Å². The van der Waals surface area contributed by atoms with Gasteiger partial charge in [0.05, 0.1) is 26.4 Å². The monoisotopic (exact) mass is 1310 g/mol. The fraction of sp³-hybridized carbons (Fsp3) is 0.943. The van der Waals surface area contributed by atoms with E-state index in [1.165, 1.54) is 148 Å². The van der Waals surface area contributed by atoms with Crippen LogP contribution in [0.25, 0.3) is 0 Å². The largest absolute Gasteiger partial charge is 0.472 e. The van der Waals surface area contributed by atoms with Gasteiger partial charge in [-0.2, -0.15) is 0 Å². The Morgan fingerprint density at radius 3 is 0.798 bits per heavy atom. The van der Waals surface area contributed by atoms with E-state index in [1.54, 1.807) is 0 Å². The Hall–Kier alpha value is -1.94. The molecule has 0 bridgehead atoms. The molecule has 0 spiro atoms. The molecule has 528 valence electrons. The smallest absolute Gasteiger partial charge is 0.462 e. The molecule has 3 N–H and O–H groups in total. The lowest BCUT2D eigenvalue weighted by atomic mass is 9.99. The van der Waals surface area contributed by atoms with E-state index < -0.39 is 97.5 Å². The summed E-state index contributed by atoms with van der Waals surface area (Å²) in [5.74, 6) is 0.857. The molecule has 0 aromatic rings. The maximum Gasteiger partial charge on any atom is 0.472 e. The van der Waals surface area contributed by atoms with Gasteiger partial charge in [0, 0.05) is 25.7 Å². The molecule has 0 saturated heterocycles. The third kappa shape index (κ3) is 62.0. The number of ether oxygens (including phenoxy) is 4. The lowest BCUT2D eigenvalue weighted by molar-refractivity contribution is -0.161. The summed E-state index contributed by atoms with van der Waals surface area (Å²) in [7, 11) is -9.90. The van der Waals surface area contributed by atoms with E-state index >= 15 is 0 Å². The molecule has 0 aromatic carbocycles. The summed E-state index contributed by atoms with van der Waals surface area (Å²) in [6, 6.07) is 0. The Morgan fingerprint density at radius 1 is 0.315 bits per heavy atom. The molecule has 0 aliphatic carbocycles. The van der Waals surface area contributed by atoms with Crippen LogP contribution in [0.4, 0.5) is 0 Å². The Bertz CT molecular complexity index is 1770. The summed E-state index contributed by atoms with van der Waals surface area (Å²) in [5, 5.41) is 10.6. The normalized spacial score (nSPS) is 14.9. The zero-order valence-corrected chi connectivity index (χ0v) is 59.8. The second kappa shape index (κ2) is 59.8. The minimum atomic E-state index is -4.95. The molecule has 0 aliphatic rings. The van der Waals surface area contributed by atoms with Crippen LogP contribution in [0.15, 0.2) is 0 Å². The first-order chi connectivity index (χ1) is 42.7. The number of hydrogen-bond donors (Lipinski definition) is 3. The highest BCUT2D eigenvalue weighted by atomic mass is 31.2.